The van der Waals surface area contributed by atoms with Crippen molar-refractivity contribution >= 4 is 17.6 Å². The average molecular weight is 464 g/mol. The van der Waals surface area contributed by atoms with E-state index in [1.807, 2.05) is 37.8 Å². The minimum Gasteiger partial charge on any atom is -0.384 e. The predicted octanol–water partition coefficient (Wildman–Crippen LogP) is 3.21. The van der Waals surface area contributed by atoms with Crippen LogP contribution in [0.3, 0.4) is 0 Å². The molecule has 8 heteroatoms. The summed E-state index contributed by atoms with van der Waals surface area (Å²) in [5.41, 5.74) is 8.96. The molecule has 1 amide bonds. The number of hydrogen-bond donors (Lipinski definition) is 1. The first-order chi connectivity index (χ1) is 16.4. The summed E-state index contributed by atoms with van der Waals surface area (Å²) in [6.07, 6.45) is 11.2. The van der Waals surface area contributed by atoms with Crippen LogP contribution in [0, 0.1) is 0 Å². The topological polar surface area (TPSA) is 91.0 Å². The van der Waals surface area contributed by atoms with Gasteiger partial charge >= 0.3 is 0 Å². The second-order valence-electron chi connectivity index (χ2n) is 8.00. The van der Waals surface area contributed by atoms with Crippen molar-refractivity contribution < 1.29 is 4.79 Å². The van der Waals surface area contributed by atoms with Crippen LogP contribution in [0.15, 0.2) is 72.8 Å². The molecule has 0 saturated carbocycles. The SMILES string of the molecule is C=C/C=C\C.C=CC(=O)N1CCN(c2ncnc3c2CCN(/C(=N/C(N)=C\C)C(=C)C)C3)CC1. The van der Waals surface area contributed by atoms with Gasteiger partial charge < -0.3 is 20.4 Å². The van der Waals surface area contributed by atoms with Gasteiger partial charge in [0.15, 0.2) is 0 Å². The molecule has 1 aromatic rings. The molecule has 0 radical (unpaired) electrons. The Morgan fingerprint density at radius 3 is 2.35 bits per heavy atom. The van der Waals surface area contributed by atoms with Gasteiger partial charge in [-0.2, -0.15) is 0 Å². The standard InChI is InChI=1S/C21H29N7O.C5H8/c1-5-18(22)25-20(15(3)4)28-8-7-16-17(13-28)23-14-24-21(16)27-11-9-26(10-12-27)19(29)6-2;1-3-5-4-2/h5-6,14H,2-3,7-13,22H2,1,4H3;3-5H,1H2,2H3/b18-5-,25-20+;5-4-. The average Bonchev–Trinajstić information content (AvgIpc) is 2.86. The highest BCUT2D eigenvalue weighted by Crippen LogP contribution is 2.27. The number of anilines is 1. The number of aromatic nitrogens is 2. The second kappa shape index (κ2) is 13.1. The molecule has 2 aliphatic rings. The van der Waals surface area contributed by atoms with Gasteiger partial charge in [-0.15, -0.1) is 0 Å². The van der Waals surface area contributed by atoms with Crippen molar-refractivity contribution in [2.75, 3.05) is 37.6 Å². The molecule has 2 aliphatic heterocycles. The fourth-order valence-corrected chi connectivity index (χ4v) is 3.82. The molecule has 1 fully saturated rings. The third kappa shape index (κ3) is 6.91. The predicted molar refractivity (Wildman–Crippen MR) is 140 cm³/mol. The number of nitrogens with two attached hydrogens (primary N) is 1. The molecule has 3 rings (SSSR count). The number of amides is 1. The van der Waals surface area contributed by atoms with E-state index in [0.29, 0.717) is 25.5 Å². The van der Waals surface area contributed by atoms with Gasteiger partial charge in [-0.05, 0) is 44.9 Å². The summed E-state index contributed by atoms with van der Waals surface area (Å²) >= 11 is 0. The number of rotatable bonds is 5. The van der Waals surface area contributed by atoms with E-state index in [1.165, 1.54) is 11.6 Å². The van der Waals surface area contributed by atoms with Crippen LogP contribution in [0.5, 0.6) is 0 Å². The normalized spacial score (nSPS) is 16.5. The first-order valence-electron chi connectivity index (χ1n) is 11.5. The summed E-state index contributed by atoms with van der Waals surface area (Å²) in [5.74, 6) is 2.23. The van der Waals surface area contributed by atoms with E-state index in [9.17, 15) is 4.79 Å². The molecule has 0 unspecified atom stereocenters. The van der Waals surface area contributed by atoms with Crippen LogP contribution in [0.2, 0.25) is 0 Å². The highest BCUT2D eigenvalue weighted by molar-refractivity contribution is 5.98. The van der Waals surface area contributed by atoms with E-state index in [1.54, 1.807) is 18.5 Å². The van der Waals surface area contributed by atoms with Crippen molar-refractivity contribution in [2.45, 2.75) is 33.7 Å². The minimum absolute atomic E-state index is 0.0166. The molecule has 0 aromatic carbocycles. The van der Waals surface area contributed by atoms with Gasteiger partial charge in [0.2, 0.25) is 5.91 Å². The highest BCUT2D eigenvalue weighted by Gasteiger charge is 2.27. The molecule has 8 nitrogen and oxygen atoms in total. The quantitative estimate of drug-likeness (QED) is 0.312. The number of carbonyl (C=O) groups excluding carboxylic acids is 1. The summed E-state index contributed by atoms with van der Waals surface area (Å²) in [5, 5.41) is 0. The van der Waals surface area contributed by atoms with E-state index in [-0.39, 0.29) is 5.91 Å². The zero-order valence-corrected chi connectivity index (χ0v) is 20.7. The molecule has 0 spiro atoms. The second-order valence-corrected chi connectivity index (χ2v) is 8.00. The lowest BCUT2D eigenvalue weighted by molar-refractivity contribution is -0.126. The third-order valence-electron chi connectivity index (χ3n) is 5.59. The lowest BCUT2D eigenvalue weighted by atomic mass is 10.0. The first-order valence-corrected chi connectivity index (χ1v) is 11.5. The third-order valence-corrected chi connectivity index (χ3v) is 5.59. The molecule has 3 heterocycles. The summed E-state index contributed by atoms with van der Waals surface area (Å²) in [6, 6.07) is 0. The number of piperazine rings is 1. The molecule has 34 heavy (non-hydrogen) atoms. The fourth-order valence-electron chi connectivity index (χ4n) is 3.82. The number of hydrogen-bond acceptors (Lipinski definition) is 6. The van der Waals surface area contributed by atoms with Crippen molar-refractivity contribution in [2.24, 2.45) is 10.7 Å². The van der Waals surface area contributed by atoms with E-state index in [4.69, 9.17) is 5.73 Å². The van der Waals surface area contributed by atoms with Crippen LogP contribution in [-0.4, -0.2) is 64.2 Å². The van der Waals surface area contributed by atoms with Crippen molar-refractivity contribution in [3.63, 3.8) is 0 Å². The first kappa shape index (κ1) is 26.6. The number of fused-ring (bicyclic) bond motifs is 1. The Bertz CT molecular complexity index is 985. The highest BCUT2D eigenvalue weighted by atomic mass is 16.2. The van der Waals surface area contributed by atoms with Gasteiger partial charge in [-0.3, -0.25) is 4.79 Å². The number of allylic oxidation sites excluding steroid dienone is 4. The Morgan fingerprint density at radius 2 is 1.82 bits per heavy atom. The Morgan fingerprint density at radius 1 is 1.12 bits per heavy atom. The largest absolute Gasteiger partial charge is 0.384 e. The monoisotopic (exact) mass is 463 g/mol. The lowest BCUT2D eigenvalue weighted by Crippen LogP contribution is -2.49. The molecular weight excluding hydrogens is 426 g/mol. The minimum atomic E-state index is -0.0166. The van der Waals surface area contributed by atoms with Gasteiger partial charge in [-0.25, -0.2) is 15.0 Å². The van der Waals surface area contributed by atoms with E-state index < -0.39 is 0 Å². The van der Waals surface area contributed by atoms with E-state index >= 15 is 0 Å². The van der Waals surface area contributed by atoms with Crippen molar-refractivity contribution in [3.8, 4) is 0 Å². The zero-order valence-electron chi connectivity index (χ0n) is 20.7. The summed E-state index contributed by atoms with van der Waals surface area (Å²) in [7, 11) is 0. The number of amidine groups is 1. The number of aliphatic imine (C=N–C) groups is 1. The summed E-state index contributed by atoms with van der Waals surface area (Å²) in [6.45, 7) is 21.1. The molecule has 182 valence electrons. The fraction of sp³-hybridized carbons (Fsp3) is 0.385. The summed E-state index contributed by atoms with van der Waals surface area (Å²) in [4.78, 5) is 31.7. The number of carbonyl (C=O) groups is 1. The van der Waals surface area contributed by atoms with Gasteiger partial charge in [0.25, 0.3) is 0 Å². The molecule has 1 saturated heterocycles. The van der Waals surface area contributed by atoms with Crippen LogP contribution < -0.4 is 10.6 Å². The van der Waals surface area contributed by atoms with Crippen molar-refractivity contribution in [3.05, 3.63) is 79.1 Å². The smallest absolute Gasteiger partial charge is 0.246 e. The summed E-state index contributed by atoms with van der Waals surface area (Å²) < 4.78 is 0. The maximum absolute atomic E-state index is 11.8. The Labute approximate surface area is 203 Å². The molecule has 1 aromatic heterocycles. The molecular formula is C26H37N7O. The van der Waals surface area contributed by atoms with Crippen LogP contribution in [0.25, 0.3) is 0 Å². The Hall–Kier alpha value is -3.68. The zero-order chi connectivity index (χ0) is 25.1. The molecule has 0 aliphatic carbocycles. The molecule has 0 bridgehead atoms. The lowest BCUT2D eigenvalue weighted by Gasteiger charge is -2.37. The van der Waals surface area contributed by atoms with Crippen molar-refractivity contribution in [1.29, 1.82) is 0 Å². The number of nitrogens with zero attached hydrogens (tertiary/aromatic N) is 6. The van der Waals surface area contributed by atoms with E-state index in [0.717, 1.165) is 49.0 Å². The molecule has 0 atom stereocenters. The van der Waals surface area contributed by atoms with Crippen molar-refractivity contribution in [1.82, 2.24) is 19.8 Å². The van der Waals surface area contributed by atoms with Gasteiger partial charge in [0.1, 0.15) is 23.8 Å². The maximum Gasteiger partial charge on any atom is 0.246 e. The van der Waals surface area contributed by atoms with Gasteiger partial charge in [0, 0.05) is 38.3 Å². The van der Waals surface area contributed by atoms with Crippen LogP contribution >= 0.6 is 0 Å². The van der Waals surface area contributed by atoms with Crippen LogP contribution in [0.1, 0.15) is 32.0 Å². The van der Waals surface area contributed by atoms with Gasteiger partial charge in [0.05, 0.1) is 12.2 Å². The molecule has 2 N–H and O–H groups in total. The van der Waals surface area contributed by atoms with Crippen LogP contribution in [0.4, 0.5) is 5.82 Å². The Kier molecular flexibility index (Phi) is 10.3. The van der Waals surface area contributed by atoms with Gasteiger partial charge in [-0.1, -0.05) is 38.0 Å². The Balaban J connectivity index is 0.000000739. The van der Waals surface area contributed by atoms with Crippen LogP contribution in [-0.2, 0) is 17.8 Å². The maximum atomic E-state index is 11.8. The van der Waals surface area contributed by atoms with E-state index in [2.05, 4.69) is 44.5 Å².